The van der Waals surface area contributed by atoms with E-state index in [4.69, 9.17) is 0 Å². The lowest BCUT2D eigenvalue weighted by Gasteiger charge is -2.38. The number of halogens is 1. The van der Waals surface area contributed by atoms with E-state index in [1.165, 1.54) is 33.8 Å². The highest BCUT2D eigenvalue weighted by Crippen LogP contribution is 2.33. The van der Waals surface area contributed by atoms with Crippen molar-refractivity contribution in [2.75, 3.05) is 31.1 Å². The quantitative estimate of drug-likeness (QED) is 0.715. The number of amides is 1. The minimum atomic E-state index is -0.193. The van der Waals surface area contributed by atoms with E-state index >= 15 is 0 Å². The van der Waals surface area contributed by atoms with Gasteiger partial charge in [0.2, 0.25) is 5.91 Å². The molecule has 1 aromatic heterocycles. The van der Waals surface area contributed by atoms with E-state index in [9.17, 15) is 9.18 Å². The maximum Gasteiger partial charge on any atom is 0.226 e. The number of carbonyl (C=O) groups is 1. The number of H-pyrrole nitrogens is 1. The van der Waals surface area contributed by atoms with Crippen LogP contribution in [0.2, 0.25) is 0 Å². The first-order chi connectivity index (χ1) is 14.1. The van der Waals surface area contributed by atoms with Crippen LogP contribution in [-0.2, 0) is 17.6 Å². The first-order valence-corrected chi connectivity index (χ1v) is 10.5. The number of carbonyl (C=O) groups excluding carboxylic acids is 1. The zero-order chi connectivity index (χ0) is 20.0. The fourth-order valence-electron chi connectivity index (χ4n) is 4.88. The number of nitrogens with one attached hydrogen (secondary N) is 1. The molecule has 0 spiro atoms. The van der Waals surface area contributed by atoms with Gasteiger partial charge in [0.1, 0.15) is 5.82 Å². The number of hydrogen-bond acceptors (Lipinski definition) is 2. The van der Waals surface area contributed by atoms with Crippen molar-refractivity contribution in [1.82, 2.24) is 9.88 Å². The number of benzene rings is 2. The van der Waals surface area contributed by atoms with E-state index in [1.54, 1.807) is 6.07 Å². The maximum absolute atomic E-state index is 14.1. The summed E-state index contributed by atoms with van der Waals surface area (Å²) in [5, 5.41) is 1.27. The Kier molecular flexibility index (Phi) is 4.53. The summed E-state index contributed by atoms with van der Waals surface area (Å²) in [6.07, 6.45) is 2.63. The molecule has 5 rings (SSSR count). The van der Waals surface area contributed by atoms with Crippen LogP contribution in [0, 0.1) is 18.7 Å². The monoisotopic (exact) mass is 391 g/mol. The average Bonchev–Trinajstić information content (AvgIpc) is 3.11. The zero-order valence-electron chi connectivity index (χ0n) is 16.7. The smallest absolute Gasteiger partial charge is 0.226 e. The van der Waals surface area contributed by atoms with Crippen molar-refractivity contribution in [2.45, 2.75) is 26.2 Å². The number of rotatable bonds is 2. The molecule has 5 heteroatoms. The van der Waals surface area contributed by atoms with Crippen molar-refractivity contribution in [2.24, 2.45) is 5.92 Å². The van der Waals surface area contributed by atoms with Gasteiger partial charge in [0.15, 0.2) is 0 Å². The van der Waals surface area contributed by atoms with Crippen LogP contribution in [0.4, 0.5) is 10.1 Å². The van der Waals surface area contributed by atoms with Crippen molar-refractivity contribution in [3.05, 3.63) is 65.1 Å². The zero-order valence-corrected chi connectivity index (χ0v) is 16.7. The highest BCUT2D eigenvalue weighted by molar-refractivity contribution is 5.87. The van der Waals surface area contributed by atoms with Gasteiger partial charge in [0.05, 0.1) is 5.69 Å². The number of anilines is 1. The molecule has 4 nitrogen and oxygen atoms in total. The van der Waals surface area contributed by atoms with Crippen molar-refractivity contribution in [3.8, 4) is 0 Å². The molecule has 0 radical (unpaired) electrons. The standard InChI is InChI=1S/C24H26FN3O/c1-16-6-8-21-18(14-16)19-15-17(7-9-22(19)26-21)24(29)28-12-10-27(11-13-28)23-5-3-2-4-20(23)25/h2-6,8,14,17,26H,7,9-13,15H2,1H3. The van der Waals surface area contributed by atoms with Gasteiger partial charge in [-0.2, -0.15) is 0 Å². The van der Waals surface area contributed by atoms with Crippen LogP contribution < -0.4 is 4.90 Å². The fourth-order valence-corrected chi connectivity index (χ4v) is 4.88. The molecular formula is C24H26FN3O. The third kappa shape index (κ3) is 3.28. The summed E-state index contributed by atoms with van der Waals surface area (Å²) in [4.78, 5) is 20.8. The molecule has 1 saturated heterocycles. The molecular weight excluding hydrogens is 365 g/mol. The Bertz CT molecular complexity index is 1070. The Labute approximate surface area is 170 Å². The van der Waals surface area contributed by atoms with Gasteiger partial charge >= 0.3 is 0 Å². The first-order valence-electron chi connectivity index (χ1n) is 10.5. The van der Waals surface area contributed by atoms with Gasteiger partial charge in [-0.1, -0.05) is 23.8 Å². The van der Waals surface area contributed by atoms with E-state index in [2.05, 4.69) is 30.1 Å². The third-order valence-corrected chi connectivity index (χ3v) is 6.48. The number of para-hydroxylation sites is 1. The van der Waals surface area contributed by atoms with Crippen LogP contribution in [0.15, 0.2) is 42.5 Å². The molecule has 0 saturated carbocycles. The number of nitrogens with zero attached hydrogens (tertiary/aromatic N) is 2. The highest BCUT2D eigenvalue weighted by Gasteiger charge is 2.32. The van der Waals surface area contributed by atoms with Crippen molar-refractivity contribution >= 4 is 22.5 Å². The summed E-state index contributed by atoms with van der Waals surface area (Å²) in [7, 11) is 0. The number of aromatic amines is 1. The summed E-state index contributed by atoms with van der Waals surface area (Å²) in [5.74, 6) is 0.106. The van der Waals surface area contributed by atoms with E-state index in [-0.39, 0.29) is 17.6 Å². The molecule has 1 aliphatic carbocycles. The summed E-state index contributed by atoms with van der Waals surface area (Å²) in [5.41, 5.74) is 5.66. The Morgan fingerprint density at radius 2 is 1.90 bits per heavy atom. The lowest BCUT2D eigenvalue weighted by atomic mass is 9.85. The Balaban J connectivity index is 1.28. The van der Waals surface area contributed by atoms with E-state index in [0.29, 0.717) is 31.9 Å². The van der Waals surface area contributed by atoms with Gasteiger partial charge in [-0.05, 0) is 56.0 Å². The van der Waals surface area contributed by atoms with Gasteiger partial charge in [0.25, 0.3) is 0 Å². The molecule has 1 fully saturated rings. The fraction of sp³-hybridized carbons (Fsp3) is 0.375. The van der Waals surface area contributed by atoms with Gasteiger partial charge < -0.3 is 14.8 Å². The average molecular weight is 391 g/mol. The predicted octanol–water partition coefficient (Wildman–Crippen LogP) is 4.07. The lowest BCUT2D eigenvalue weighted by Crippen LogP contribution is -2.51. The van der Waals surface area contributed by atoms with Crippen LogP contribution in [0.5, 0.6) is 0 Å². The van der Waals surface area contributed by atoms with Crippen LogP contribution in [-0.4, -0.2) is 42.0 Å². The molecule has 2 heterocycles. The maximum atomic E-state index is 14.1. The van der Waals surface area contributed by atoms with Gasteiger partial charge in [-0.3, -0.25) is 4.79 Å². The minimum absolute atomic E-state index is 0.0435. The lowest BCUT2D eigenvalue weighted by molar-refractivity contribution is -0.136. The minimum Gasteiger partial charge on any atom is -0.366 e. The van der Waals surface area contributed by atoms with Crippen LogP contribution in [0.3, 0.4) is 0 Å². The first kappa shape index (κ1) is 18.2. The van der Waals surface area contributed by atoms with Crippen molar-refractivity contribution in [3.63, 3.8) is 0 Å². The Morgan fingerprint density at radius 3 is 2.69 bits per heavy atom. The third-order valence-electron chi connectivity index (χ3n) is 6.48. The van der Waals surface area contributed by atoms with Crippen molar-refractivity contribution in [1.29, 1.82) is 0 Å². The molecule has 2 aliphatic rings. The molecule has 3 aromatic rings. The second-order valence-corrected chi connectivity index (χ2v) is 8.33. The molecule has 2 aromatic carbocycles. The number of aryl methyl sites for hydroxylation is 2. The van der Waals surface area contributed by atoms with Gasteiger partial charge in [-0.25, -0.2) is 4.39 Å². The summed E-state index contributed by atoms with van der Waals surface area (Å²) >= 11 is 0. The van der Waals surface area contributed by atoms with Gasteiger partial charge in [0, 0.05) is 48.7 Å². The molecule has 1 aliphatic heterocycles. The summed E-state index contributed by atoms with van der Waals surface area (Å²) in [6, 6.07) is 13.4. The molecule has 29 heavy (non-hydrogen) atoms. The normalized spacial score (nSPS) is 19.4. The largest absolute Gasteiger partial charge is 0.366 e. The molecule has 0 bridgehead atoms. The van der Waals surface area contributed by atoms with Crippen LogP contribution >= 0.6 is 0 Å². The molecule has 1 atom stereocenters. The molecule has 1 amide bonds. The predicted molar refractivity (Wildman–Crippen MR) is 114 cm³/mol. The molecule has 1 unspecified atom stereocenters. The SMILES string of the molecule is Cc1ccc2[nH]c3c(c2c1)CC(C(=O)N1CCN(c2ccccc2F)CC1)CC3. The number of fused-ring (bicyclic) bond motifs is 3. The Morgan fingerprint density at radius 1 is 1.10 bits per heavy atom. The van der Waals surface area contributed by atoms with Crippen molar-refractivity contribution < 1.29 is 9.18 Å². The summed E-state index contributed by atoms with van der Waals surface area (Å²) < 4.78 is 14.1. The number of aromatic nitrogens is 1. The van der Waals surface area contributed by atoms with E-state index in [1.807, 2.05) is 21.9 Å². The second-order valence-electron chi connectivity index (χ2n) is 8.33. The van der Waals surface area contributed by atoms with Crippen LogP contribution in [0.25, 0.3) is 10.9 Å². The molecule has 1 N–H and O–H groups in total. The topological polar surface area (TPSA) is 39.3 Å². The second kappa shape index (κ2) is 7.21. The number of piperazine rings is 1. The van der Waals surface area contributed by atoms with E-state index in [0.717, 1.165) is 19.3 Å². The van der Waals surface area contributed by atoms with Crippen LogP contribution in [0.1, 0.15) is 23.2 Å². The molecule has 150 valence electrons. The van der Waals surface area contributed by atoms with Gasteiger partial charge in [-0.15, -0.1) is 0 Å². The number of hydrogen-bond donors (Lipinski definition) is 1. The van der Waals surface area contributed by atoms with E-state index < -0.39 is 0 Å². The summed E-state index contributed by atoms with van der Waals surface area (Å²) in [6.45, 7) is 4.78. The highest BCUT2D eigenvalue weighted by atomic mass is 19.1. The Hall–Kier alpha value is -2.82.